The average molecular weight is 303 g/mol. The van der Waals surface area contributed by atoms with Gasteiger partial charge < -0.3 is 10.4 Å². The lowest BCUT2D eigenvalue weighted by molar-refractivity contribution is -0.137. The quantitative estimate of drug-likeness (QED) is 0.814. The van der Waals surface area contributed by atoms with Crippen LogP contribution in [0.25, 0.3) is 0 Å². The molecule has 1 rings (SSSR count). The van der Waals surface area contributed by atoms with Gasteiger partial charge in [0.05, 0.1) is 12.0 Å². The van der Waals surface area contributed by atoms with Crippen LogP contribution >= 0.6 is 0 Å². The number of benzene rings is 1. The Morgan fingerprint density at radius 1 is 1.29 bits per heavy atom. The molecule has 0 heterocycles. The molecule has 118 valence electrons. The molecule has 2 N–H and O–H groups in total. The van der Waals surface area contributed by atoms with E-state index in [-0.39, 0.29) is 24.9 Å². The van der Waals surface area contributed by atoms with Crippen LogP contribution in [0.2, 0.25) is 0 Å². The van der Waals surface area contributed by atoms with Gasteiger partial charge in [-0.15, -0.1) is 0 Å². The normalized spacial score (nSPS) is 13.0. The first kappa shape index (κ1) is 17.5. The van der Waals surface area contributed by atoms with Crippen molar-refractivity contribution < 1.29 is 23.1 Å². The van der Waals surface area contributed by atoms with Crippen molar-refractivity contribution in [1.82, 2.24) is 5.32 Å². The molecule has 1 aromatic carbocycles. The SMILES string of the molecule is CCC(CCO)CNC(=O)Cc1ccc(C(F)(F)F)cc1. The number of carbonyl (C=O) groups excluding carboxylic acids is 1. The highest BCUT2D eigenvalue weighted by Crippen LogP contribution is 2.29. The van der Waals surface area contributed by atoms with Crippen molar-refractivity contribution in [3.63, 3.8) is 0 Å². The van der Waals surface area contributed by atoms with E-state index >= 15 is 0 Å². The molecule has 0 aromatic heterocycles. The fraction of sp³-hybridized carbons (Fsp3) is 0.533. The first-order chi connectivity index (χ1) is 9.86. The lowest BCUT2D eigenvalue weighted by Gasteiger charge is -2.14. The third-order valence-corrected chi connectivity index (χ3v) is 3.35. The Morgan fingerprint density at radius 2 is 1.90 bits per heavy atom. The number of carbonyl (C=O) groups is 1. The summed E-state index contributed by atoms with van der Waals surface area (Å²) in [4.78, 5) is 11.7. The molecule has 3 nitrogen and oxygen atoms in total. The van der Waals surface area contributed by atoms with E-state index in [0.717, 1.165) is 18.6 Å². The van der Waals surface area contributed by atoms with Crippen LogP contribution in [0.4, 0.5) is 13.2 Å². The highest BCUT2D eigenvalue weighted by molar-refractivity contribution is 5.78. The van der Waals surface area contributed by atoms with E-state index in [4.69, 9.17) is 5.11 Å². The van der Waals surface area contributed by atoms with Gasteiger partial charge in [-0.3, -0.25) is 4.79 Å². The minimum Gasteiger partial charge on any atom is -0.396 e. The molecule has 0 bridgehead atoms. The van der Waals surface area contributed by atoms with Gasteiger partial charge in [0.25, 0.3) is 0 Å². The maximum atomic E-state index is 12.4. The Hall–Kier alpha value is -1.56. The predicted molar refractivity (Wildman–Crippen MR) is 73.6 cm³/mol. The molecule has 0 saturated heterocycles. The van der Waals surface area contributed by atoms with Gasteiger partial charge in [-0.1, -0.05) is 25.5 Å². The fourth-order valence-corrected chi connectivity index (χ4v) is 1.95. The zero-order valence-corrected chi connectivity index (χ0v) is 11.9. The second-order valence-corrected chi connectivity index (χ2v) is 4.96. The van der Waals surface area contributed by atoms with Crippen LogP contribution in [0.1, 0.15) is 30.9 Å². The molecule has 0 radical (unpaired) electrons. The van der Waals surface area contributed by atoms with Crippen LogP contribution in [0.15, 0.2) is 24.3 Å². The minimum atomic E-state index is -4.36. The molecule has 0 fully saturated rings. The summed E-state index contributed by atoms with van der Waals surface area (Å²) >= 11 is 0. The number of rotatable bonds is 7. The largest absolute Gasteiger partial charge is 0.416 e. The van der Waals surface area contributed by atoms with E-state index in [2.05, 4.69) is 5.32 Å². The van der Waals surface area contributed by atoms with Crippen LogP contribution in [-0.2, 0) is 17.4 Å². The van der Waals surface area contributed by atoms with Crippen molar-refractivity contribution in [2.45, 2.75) is 32.4 Å². The number of aliphatic hydroxyl groups is 1. The first-order valence-electron chi connectivity index (χ1n) is 6.90. The van der Waals surface area contributed by atoms with Gasteiger partial charge >= 0.3 is 6.18 Å². The van der Waals surface area contributed by atoms with E-state index in [0.29, 0.717) is 18.5 Å². The molecule has 0 saturated carbocycles. The van der Waals surface area contributed by atoms with Crippen molar-refractivity contribution in [2.24, 2.45) is 5.92 Å². The molecule has 1 aromatic rings. The van der Waals surface area contributed by atoms with Gasteiger partial charge in [-0.05, 0) is 30.0 Å². The van der Waals surface area contributed by atoms with Crippen molar-refractivity contribution in [2.75, 3.05) is 13.2 Å². The fourth-order valence-electron chi connectivity index (χ4n) is 1.95. The minimum absolute atomic E-state index is 0.0493. The number of aliphatic hydroxyl groups excluding tert-OH is 1. The van der Waals surface area contributed by atoms with E-state index in [1.807, 2.05) is 6.92 Å². The number of hydrogen-bond donors (Lipinski definition) is 2. The van der Waals surface area contributed by atoms with Gasteiger partial charge in [-0.25, -0.2) is 0 Å². The molecular weight excluding hydrogens is 283 g/mol. The molecule has 1 amide bonds. The maximum absolute atomic E-state index is 12.4. The number of nitrogens with one attached hydrogen (secondary N) is 1. The highest BCUT2D eigenvalue weighted by atomic mass is 19.4. The zero-order chi connectivity index (χ0) is 15.9. The third-order valence-electron chi connectivity index (χ3n) is 3.35. The van der Waals surface area contributed by atoms with Gasteiger partial charge in [0, 0.05) is 13.2 Å². The molecule has 21 heavy (non-hydrogen) atoms. The van der Waals surface area contributed by atoms with E-state index in [1.165, 1.54) is 12.1 Å². The number of halogens is 3. The first-order valence-corrected chi connectivity index (χ1v) is 6.90. The highest BCUT2D eigenvalue weighted by Gasteiger charge is 2.29. The molecule has 1 atom stereocenters. The summed E-state index contributed by atoms with van der Waals surface area (Å²) in [6.07, 6.45) is -2.84. The average Bonchev–Trinajstić information content (AvgIpc) is 2.43. The summed E-state index contributed by atoms with van der Waals surface area (Å²) in [5, 5.41) is 11.6. The van der Waals surface area contributed by atoms with Crippen molar-refractivity contribution in [3.8, 4) is 0 Å². The lowest BCUT2D eigenvalue weighted by Crippen LogP contribution is -2.30. The van der Waals surface area contributed by atoms with Gasteiger partial charge in [0.2, 0.25) is 5.91 Å². The second kappa shape index (κ2) is 8.02. The molecule has 1 unspecified atom stereocenters. The smallest absolute Gasteiger partial charge is 0.396 e. The Morgan fingerprint density at radius 3 is 2.38 bits per heavy atom. The molecule has 0 aliphatic heterocycles. The molecular formula is C15H20F3NO2. The maximum Gasteiger partial charge on any atom is 0.416 e. The van der Waals surface area contributed by atoms with Crippen molar-refractivity contribution in [3.05, 3.63) is 35.4 Å². The summed E-state index contributed by atoms with van der Waals surface area (Å²) in [6, 6.07) is 4.58. The van der Waals surface area contributed by atoms with Gasteiger partial charge in [-0.2, -0.15) is 13.2 Å². The van der Waals surface area contributed by atoms with Crippen LogP contribution in [0, 0.1) is 5.92 Å². The lowest BCUT2D eigenvalue weighted by atomic mass is 10.0. The molecule has 6 heteroatoms. The summed E-state index contributed by atoms with van der Waals surface area (Å²) < 4.78 is 37.2. The Bertz CT molecular complexity index is 443. The molecule has 0 aliphatic rings. The van der Waals surface area contributed by atoms with Crippen LogP contribution in [-0.4, -0.2) is 24.2 Å². The molecule has 0 spiro atoms. The Kier molecular flexibility index (Phi) is 6.68. The van der Waals surface area contributed by atoms with Crippen molar-refractivity contribution >= 4 is 5.91 Å². The molecule has 0 aliphatic carbocycles. The van der Waals surface area contributed by atoms with Crippen LogP contribution in [0.5, 0.6) is 0 Å². The summed E-state index contributed by atoms with van der Waals surface area (Å²) in [5.74, 6) is -0.0160. The second-order valence-electron chi connectivity index (χ2n) is 4.96. The Labute approximate surface area is 122 Å². The summed E-state index contributed by atoms with van der Waals surface area (Å²) in [5.41, 5.74) is -0.184. The zero-order valence-electron chi connectivity index (χ0n) is 11.9. The predicted octanol–water partition coefficient (Wildman–Crippen LogP) is 2.77. The number of amides is 1. The van der Waals surface area contributed by atoms with Crippen LogP contribution < -0.4 is 5.32 Å². The topological polar surface area (TPSA) is 49.3 Å². The van der Waals surface area contributed by atoms with E-state index in [9.17, 15) is 18.0 Å². The van der Waals surface area contributed by atoms with E-state index < -0.39 is 11.7 Å². The standard InChI is InChI=1S/C15H20F3NO2/c1-2-11(7-8-20)10-19-14(21)9-12-3-5-13(6-4-12)15(16,17)18/h3-6,11,20H,2,7-10H2,1H3,(H,19,21). The van der Waals surface area contributed by atoms with Gasteiger partial charge in [0.15, 0.2) is 0 Å². The van der Waals surface area contributed by atoms with E-state index in [1.54, 1.807) is 0 Å². The summed E-state index contributed by atoms with van der Waals surface area (Å²) in [7, 11) is 0. The third kappa shape index (κ3) is 6.16. The summed E-state index contributed by atoms with van der Waals surface area (Å²) in [6.45, 7) is 2.52. The van der Waals surface area contributed by atoms with Crippen LogP contribution in [0.3, 0.4) is 0 Å². The number of alkyl halides is 3. The van der Waals surface area contributed by atoms with Crippen molar-refractivity contribution in [1.29, 1.82) is 0 Å². The Balaban J connectivity index is 2.48. The van der Waals surface area contributed by atoms with Gasteiger partial charge in [0.1, 0.15) is 0 Å². The monoisotopic (exact) mass is 303 g/mol. The number of hydrogen-bond acceptors (Lipinski definition) is 2.